The van der Waals surface area contributed by atoms with E-state index in [0.717, 1.165) is 12.1 Å². The SMILES string of the molecule is CCCC1(CNC(=O)Cc2ccc(/C(N)=N/O)cc2)CC1. The molecule has 1 amide bonds. The Hall–Kier alpha value is -2.04. The van der Waals surface area contributed by atoms with Crippen LogP contribution in [0.4, 0.5) is 0 Å². The van der Waals surface area contributed by atoms with Crippen molar-refractivity contribution < 1.29 is 10.0 Å². The number of carbonyl (C=O) groups excluding carboxylic acids is 1. The predicted molar refractivity (Wildman–Crippen MR) is 82.2 cm³/mol. The quantitative estimate of drug-likeness (QED) is 0.310. The molecule has 21 heavy (non-hydrogen) atoms. The summed E-state index contributed by atoms with van der Waals surface area (Å²) >= 11 is 0. The molecule has 1 aromatic carbocycles. The lowest BCUT2D eigenvalue weighted by atomic mass is 10.0. The van der Waals surface area contributed by atoms with E-state index in [-0.39, 0.29) is 11.7 Å². The summed E-state index contributed by atoms with van der Waals surface area (Å²) in [5.74, 6) is 0.121. The molecular weight excluding hydrogens is 266 g/mol. The van der Waals surface area contributed by atoms with Gasteiger partial charge in [0, 0.05) is 12.1 Å². The summed E-state index contributed by atoms with van der Waals surface area (Å²) in [6.07, 6.45) is 5.19. The van der Waals surface area contributed by atoms with Gasteiger partial charge in [-0.05, 0) is 30.2 Å². The lowest BCUT2D eigenvalue weighted by Gasteiger charge is -2.14. The molecule has 0 spiro atoms. The summed E-state index contributed by atoms with van der Waals surface area (Å²) < 4.78 is 0. The molecule has 4 N–H and O–H groups in total. The van der Waals surface area contributed by atoms with Gasteiger partial charge in [-0.1, -0.05) is 42.8 Å². The van der Waals surface area contributed by atoms with E-state index < -0.39 is 0 Å². The number of benzene rings is 1. The number of oxime groups is 1. The fourth-order valence-corrected chi connectivity index (χ4v) is 2.61. The van der Waals surface area contributed by atoms with Crippen LogP contribution in [0.25, 0.3) is 0 Å². The zero-order valence-electron chi connectivity index (χ0n) is 12.4. The maximum Gasteiger partial charge on any atom is 0.224 e. The van der Waals surface area contributed by atoms with E-state index in [2.05, 4.69) is 17.4 Å². The largest absolute Gasteiger partial charge is 0.409 e. The van der Waals surface area contributed by atoms with Crippen molar-refractivity contribution in [1.82, 2.24) is 5.32 Å². The minimum atomic E-state index is 0.0499. The van der Waals surface area contributed by atoms with Gasteiger partial charge in [0.1, 0.15) is 0 Å². The number of hydrogen-bond acceptors (Lipinski definition) is 3. The highest BCUT2D eigenvalue weighted by atomic mass is 16.4. The van der Waals surface area contributed by atoms with Crippen LogP contribution in [0.15, 0.2) is 29.4 Å². The van der Waals surface area contributed by atoms with E-state index >= 15 is 0 Å². The van der Waals surface area contributed by atoms with Crippen molar-refractivity contribution in [3.8, 4) is 0 Å². The van der Waals surface area contributed by atoms with Gasteiger partial charge < -0.3 is 16.3 Å². The molecule has 1 aliphatic rings. The molecule has 5 heteroatoms. The fraction of sp³-hybridized carbons (Fsp3) is 0.500. The molecule has 0 aromatic heterocycles. The third-order valence-electron chi connectivity index (χ3n) is 4.12. The minimum Gasteiger partial charge on any atom is -0.409 e. The van der Waals surface area contributed by atoms with E-state index in [1.165, 1.54) is 25.7 Å². The Morgan fingerprint density at radius 1 is 1.38 bits per heavy atom. The Bertz CT molecular complexity index is 519. The molecule has 0 unspecified atom stereocenters. The maximum atomic E-state index is 12.0. The Morgan fingerprint density at radius 2 is 2.05 bits per heavy atom. The third kappa shape index (κ3) is 4.21. The second kappa shape index (κ2) is 6.61. The van der Waals surface area contributed by atoms with Gasteiger partial charge in [0.15, 0.2) is 5.84 Å². The van der Waals surface area contributed by atoms with Crippen molar-refractivity contribution in [3.63, 3.8) is 0 Å². The van der Waals surface area contributed by atoms with E-state index in [1.807, 2.05) is 12.1 Å². The van der Waals surface area contributed by atoms with Crippen molar-refractivity contribution in [1.29, 1.82) is 0 Å². The normalized spacial score (nSPS) is 16.5. The Balaban J connectivity index is 1.83. The molecule has 0 radical (unpaired) electrons. The second-order valence-electron chi connectivity index (χ2n) is 5.89. The van der Waals surface area contributed by atoms with Crippen LogP contribution in [0.5, 0.6) is 0 Å². The Labute approximate surface area is 125 Å². The van der Waals surface area contributed by atoms with Gasteiger partial charge in [0.25, 0.3) is 0 Å². The summed E-state index contributed by atoms with van der Waals surface area (Å²) in [6.45, 7) is 2.98. The highest BCUT2D eigenvalue weighted by molar-refractivity contribution is 5.97. The van der Waals surface area contributed by atoms with Gasteiger partial charge in [0.05, 0.1) is 6.42 Å². The average Bonchev–Trinajstić information content (AvgIpc) is 3.26. The summed E-state index contributed by atoms with van der Waals surface area (Å²) in [5.41, 5.74) is 7.43. The molecule has 0 aliphatic heterocycles. The van der Waals surface area contributed by atoms with E-state index in [0.29, 0.717) is 17.4 Å². The van der Waals surface area contributed by atoms with Gasteiger partial charge >= 0.3 is 0 Å². The first-order valence-corrected chi connectivity index (χ1v) is 7.42. The van der Waals surface area contributed by atoms with Gasteiger partial charge in [-0.3, -0.25) is 4.79 Å². The lowest BCUT2D eigenvalue weighted by Crippen LogP contribution is -2.31. The number of hydrogen-bond donors (Lipinski definition) is 3. The summed E-state index contributed by atoms with van der Waals surface area (Å²) in [7, 11) is 0. The summed E-state index contributed by atoms with van der Waals surface area (Å²) in [6, 6.07) is 7.14. The van der Waals surface area contributed by atoms with Crippen molar-refractivity contribution >= 4 is 11.7 Å². The number of nitrogens with two attached hydrogens (primary N) is 1. The molecule has 1 aliphatic carbocycles. The van der Waals surface area contributed by atoms with Crippen LogP contribution in [0.2, 0.25) is 0 Å². The molecule has 114 valence electrons. The topological polar surface area (TPSA) is 87.7 Å². The molecule has 5 nitrogen and oxygen atoms in total. The number of amides is 1. The monoisotopic (exact) mass is 289 g/mol. The van der Waals surface area contributed by atoms with Crippen molar-refractivity contribution in [3.05, 3.63) is 35.4 Å². The molecule has 1 aromatic rings. The van der Waals surface area contributed by atoms with Gasteiger partial charge in [-0.15, -0.1) is 0 Å². The first-order valence-electron chi connectivity index (χ1n) is 7.42. The highest BCUT2D eigenvalue weighted by Gasteiger charge is 2.41. The number of rotatable bonds is 7. The van der Waals surface area contributed by atoms with Crippen LogP contribution in [0.1, 0.15) is 43.7 Å². The van der Waals surface area contributed by atoms with Crippen molar-refractivity contribution in [2.45, 2.75) is 39.0 Å². The first kappa shape index (κ1) is 15.4. The maximum absolute atomic E-state index is 12.0. The van der Waals surface area contributed by atoms with Crippen LogP contribution in [-0.2, 0) is 11.2 Å². The first-order chi connectivity index (χ1) is 10.1. The molecule has 2 rings (SSSR count). The van der Waals surface area contributed by atoms with E-state index in [4.69, 9.17) is 10.9 Å². The standard InChI is InChI=1S/C16H23N3O2/c1-2-7-16(8-9-16)11-18-14(20)10-12-3-5-13(6-4-12)15(17)19-21/h3-6,21H,2,7-11H2,1H3,(H2,17,19)(H,18,20). The number of nitrogens with one attached hydrogen (secondary N) is 1. The summed E-state index contributed by atoms with van der Waals surface area (Å²) in [5, 5.41) is 14.6. The third-order valence-corrected chi connectivity index (χ3v) is 4.12. The van der Waals surface area contributed by atoms with Crippen molar-refractivity contribution in [2.24, 2.45) is 16.3 Å². The van der Waals surface area contributed by atoms with Crippen LogP contribution >= 0.6 is 0 Å². The second-order valence-corrected chi connectivity index (χ2v) is 5.89. The smallest absolute Gasteiger partial charge is 0.224 e. The van der Waals surface area contributed by atoms with Gasteiger partial charge in [-0.25, -0.2) is 0 Å². The zero-order chi connectivity index (χ0) is 15.3. The van der Waals surface area contributed by atoms with Crippen LogP contribution in [-0.4, -0.2) is 23.5 Å². The number of carbonyl (C=O) groups is 1. The predicted octanol–water partition coefficient (Wildman–Crippen LogP) is 2.02. The molecule has 0 saturated heterocycles. The van der Waals surface area contributed by atoms with Crippen molar-refractivity contribution in [2.75, 3.05) is 6.54 Å². The number of nitrogens with zero attached hydrogens (tertiary/aromatic N) is 1. The molecular formula is C16H23N3O2. The van der Waals surface area contributed by atoms with Crippen LogP contribution < -0.4 is 11.1 Å². The molecule has 0 heterocycles. The average molecular weight is 289 g/mol. The molecule has 0 atom stereocenters. The Kier molecular flexibility index (Phi) is 4.83. The van der Waals surface area contributed by atoms with Gasteiger partial charge in [0.2, 0.25) is 5.91 Å². The van der Waals surface area contributed by atoms with E-state index in [9.17, 15) is 4.79 Å². The van der Waals surface area contributed by atoms with Crippen LogP contribution in [0, 0.1) is 5.41 Å². The highest BCUT2D eigenvalue weighted by Crippen LogP contribution is 2.48. The fourth-order valence-electron chi connectivity index (χ4n) is 2.61. The molecule has 0 bridgehead atoms. The Morgan fingerprint density at radius 3 is 2.57 bits per heavy atom. The molecule has 1 saturated carbocycles. The van der Waals surface area contributed by atoms with Gasteiger partial charge in [-0.2, -0.15) is 0 Å². The lowest BCUT2D eigenvalue weighted by molar-refractivity contribution is -0.120. The zero-order valence-corrected chi connectivity index (χ0v) is 12.4. The summed E-state index contributed by atoms with van der Waals surface area (Å²) in [4.78, 5) is 12.0. The van der Waals surface area contributed by atoms with E-state index in [1.54, 1.807) is 12.1 Å². The van der Waals surface area contributed by atoms with Crippen LogP contribution in [0.3, 0.4) is 0 Å². The minimum absolute atomic E-state index is 0.0499. The molecule has 1 fully saturated rings. The number of amidine groups is 1.